The van der Waals surface area contributed by atoms with Crippen molar-refractivity contribution in [2.45, 2.75) is 0 Å². The Bertz CT molecular complexity index is 693. The predicted octanol–water partition coefficient (Wildman–Crippen LogP) is 3.03. The first-order valence-electron chi connectivity index (χ1n) is 5.35. The van der Waals surface area contributed by atoms with Crippen LogP contribution in [-0.4, -0.2) is 15.8 Å². The number of carbonyl (C=O) groups excluding carboxylic acids is 1. The minimum Gasteiger partial charge on any atom is -0.305 e. The number of nitro groups is 1. The number of nitrogens with one attached hydrogen (secondary N) is 1. The number of anilines is 1. The molecule has 0 aliphatic carbocycles. The minimum atomic E-state index is -0.835. The molecule has 0 fully saturated rings. The number of rotatable bonds is 3. The van der Waals surface area contributed by atoms with E-state index in [0.717, 1.165) is 12.1 Å². The van der Waals surface area contributed by atoms with Crippen molar-refractivity contribution >= 4 is 29.0 Å². The third-order valence-electron chi connectivity index (χ3n) is 2.39. The zero-order valence-corrected chi connectivity index (χ0v) is 10.6. The summed E-state index contributed by atoms with van der Waals surface area (Å²) in [5.41, 5.74) is -0.910. The molecule has 1 N–H and O–H groups in total. The standard InChI is InChI=1S/C12H7ClFN3O3/c13-9-2-1-5-15-11(9)16-12(18)8-4-3-7(14)6-10(8)17(19)20/h1-6H,(H,15,16,18). The summed E-state index contributed by atoms with van der Waals surface area (Å²) in [6.45, 7) is 0. The first kappa shape index (κ1) is 13.9. The van der Waals surface area contributed by atoms with Crippen LogP contribution in [0.5, 0.6) is 0 Å². The SMILES string of the molecule is O=C(Nc1ncccc1Cl)c1ccc(F)cc1[N+](=O)[O-]. The number of hydrogen-bond donors (Lipinski definition) is 1. The highest BCUT2D eigenvalue weighted by Crippen LogP contribution is 2.23. The molecule has 0 bridgehead atoms. The summed E-state index contributed by atoms with van der Waals surface area (Å²) in [5.74, 6) is -1.53. The van der Waals surface area contributed by atoms with E-state index in [4.69, 9.17) is 11.6 Å². The molecule has 0 unspecified atom stereocenters. The molecule has 6 nitrogen and oxygen atoms in total. The molecule has 1 heterocycles. The zero-order valence-electron chi connectivity index (χ0n) is 9.84. The van der Waals surface area contributed by atoms with E-state index < -0.39 is 22.3 Å². The highest BCUT2D eigenvalue weighted by atomic mass is 35.5. The van der Waals surface area contributed by atoms with Gasteiger partial charge in [0.2, 0.25) is 0 Å². The number of halogens is 2. The van der Waals surface area contributed by atoms with Gasteiger partial charge in [-0.3, -0.25) is 14.9 Å². The molecule has 2 aromatic rings. The van der Waals surface area contributed by atoms with Crippen molar-refractivity contribution in [2.75, 3.05) is 5.32 Å². The van der Waals surface area contributed by atoms with Crippen LogP contribution in [0, 0.1) is 15.9 Å². The fourth-order valence-electron chi connectivity index (χ4n) is 1.50. The number of aromatic nitrogens is 1. The van der Waals surface area contributed by atoms with E-state index in [1.165, 1.54) is 12.3 Å². The van der Waals surface area contributed by atoms with Gasteiger partial charge in [-0.15, -0.1) is 0 Å². The van der Waals surface area contributed by atoms with Gasteiger partial charge in [-0.1, -0.05) is 11.6 Å². The van der Waals surface area contributed by atoms with E-state index in [2.05, 4.69) is 10.3 Å². The van der Waals surface area contributed by atoms with E-state index in [1.54, 1.807) is 6.07 Å². The Kier molecular flexibility index (Phi) is 3.90. The molecule has 1 amide bonds. The number of amides is 1. The lowest BCUT2D eigenvalue weighted by Gasteiger charge is -2.06. The number of carbonyl (C=O) groups is 1. The van der Waals surface area contributed by atoms with E-state index >= 15 is 0 Å². The van der Waals surface area contributed by atoms with Gasteiger partial charge in [0, 0.05) is 6.20 Å². The van der Waals surface area contributed by atoms with Crippen LogP contribution < -0.4 is 5.32 Å². The molecule has 0 spiro atoms. The van der Waals surface area contributed by atoms with Crippen LogP contribution in [-0.2, 0) is 0 Å². The molecule has 1 aromatic carbocycles. The van der Waals surface area contributed by atoms with E-state index in [0.29, 0.717) is 6.07 Å². The van der Waals surface area contributed by atoms with Gasteiger partial charge in [0.25, 0.3) is 11.6 Å². The first-order chi connectivity index (χ1) is 9.49. The summed E-state index contributed by atoms with van der Waals surface area (Å²) in [6, 6.07) is 5.73. The summed E-state index contributed by atoms with van der Waals surface area (Å²) in [6.07, 6.45) is 1.40. The van der Waals surface area contributed by atoms with Gasteiger partial charge in [0.05, 0.1) is 16.0 Å². The normalized spacial score (nSPS) is 10.1. The molecule has 0 atom stereocenters. The van der Waals surface area contributed by atoms with Gasteiger partial charge in [0.1, 0.15) is 11.4 Å². The van der Waals surface area contributed by atoms with Crippen molar-refractivity contribution in [1.82, 2.24) is 4.98 Å². The number of nitrogens with zero attached hydrogens (tertiary/aromatic N) is 2. The Hall–Kier alpha value is -2.54. The van der Waals surface area contributed by atoms with Gasteiger partial charge in [-0.05, 0) is 24.3 Å². The molecule has 0 aliphatic rings. The van der Waals surface area contributed by atoms with E-state index in [-0.39, 0.29) is 16.4 Å². The largest absolute Gasteiger partial charge is 0.305 e. The Morgan fingerprint density at radius 1 is 1.40 bits per heavy atom. The fourth-order valence-corrected chi connectivity index (χ4v) is 1.67. The molecular weight excluding hydrogens is 289 g/mol. The number of pyridine rings is 1. The predicted molar refractivity (Wildman–Crippen MR) is 70.3 cm³/mol. The average Bonchev–Trinajstić information content (AvgIpc) is 2.41. The van der Waals surface area contributed by atoms with Gasteiger partial charge in [0.15, 0.2) is 5.82 Å². The third-order valence-corrected chi connectivity index (χ3v) is 2.70. The van der Waals surface area contributed by atoms with Gasteiger partial charge in [-0.2, -0.15) is 0 Å². The smallest absolute Gasteiger partial charge is 0.285 e. The van der Waals surface area contributed by atoms with Gasteiger partial charge < -0.3 is 5.32 Å². The van der Waals surface area contributed by atoms with Gasteiger partial charge >= 0.3 is 0 Å². The molecule has 0 saturated carbocycles. The van der Waals surface area contributed by atoms with Crippen molar-refractivity contribution < 1.29 is 14.1 Å². The van der Waals surface area contributed by atoms with Crippen molar-refractivity contribution in [1.29, 1.82) is 0 Å². The van der Waals surface area contributed by atoms with Crippen molar-refractivity contribution in [3.05, 3.63) is 63.0 Å². The maximum absolute atomic E-state index is 13.0. The van der Waals surface area contributed by atoms with Crippen LogP contribution in [0.3, 0.4) is 0 Å². The second-order valence-electron chi connectivity index (χ2n) is 3.71. The van der Waals surface area contributed by atoms with Crippen LogP contribution >= 0.6 is 11.6 Å². The summed E-state index contributed by atoms with van der Waals surface area (Å²) >= 11 is 5.81. The van der Waals surface area contributed by atoms with E-state index in [1.807, 2.05) is 0 Å². The summed E-state index contributed by atoms with van der Waals surface area (Å²) in [7, 11) is 0. The lowest BCUT2D eigenvalue weighted by Crippen LogP contribution is -2.15. The molecule has 8 heteroatoms. The molecule has 102 valence electrons. The van der Waals surface area contributed by atoms with Crippen molar-refractivity contribution in [3.8, 4) is 0 Å². The maximum Gasteiger partial charge on any atom is 0.285 e. The Labute approximate surface area is 117 Å². The van der Waals surface area contributed by atoms with E-state index in [9.17, 15) is 19.3 Å². The molecule has 0 saturated heterocycles. The fraction of sp³-hybridized carbons (Fsp3) is 0. The summed E-state index contributed by atoms with van der Waals surface area (Å²) in [4.78, 5) is 25.8. The minimum absolute atomic E-state index is 0.0674. The maximum atomic E-state index is 13.0. The third kappa shape index (κ3) is 2.89. The zero-order chi connectivity index (χ0) is 14.7. The molecular formula is C12H7ClFN3O3. The highest BCUT2D eigenvalue weighted by molar-refractivity contribution is 6.33. The van der Waals surface area contributed by atoms with Crippen molar-refractivity contribution in [2.24, 2.45) is 0 Å². The lowest BCUT2D eigenvalue weighted by molar-refractivity contribution is -0.385. The number of hydrogen-bond acceptors (Lipinski definition) is 4. The average molecular weight is 296 g/mol. The Balaban J connectivity index is 2.35. The monoisotopic (exact) mass is 295 g/mol. The highest BCUT2D eigenvalue weighted by Gasteiger charge is 2.21. The second-order valence-corrected chi connectivity index (χ2v) is 4.11. The van der Waals surface area contributed by atoms with Crippen LogP contribution in [0.25, 0.3) is 0 Å². The summed E-state index contributed by atoms with van der Waals surface area (Å²) in [5, 5.41) is 13.3. The number of nitro benzene ring substituents is 1. The lowest BCUT2D eigenvalue weighted by atomic mass is 10.1. The van der Waals surface area contributed by atoms with Crippen LogP contribution in [0.2, 0.25) is 5.02 Å². The summed E-state index contributed by atoms with van der Waals surface area (Å²) < 4.78 is 13.0. The Morgan fingerprint density at radius 3 is 2.80 bits per heavy atom. The first-order valence-corrected chi connectivity index (χ1v) is 5.72. The van der Waals surface area contributed by atoms with Crippen LogP contribution in [0.1, 0.15) is 10.4 Å². The van der Waals surface area contributed by atoms with Crippen molar-refractivity contribution in [3.63, 3.8) is 0 Å². The topological polar surface area (TPSA) is 85.1 Å². The quantitative estimate of drug-likeness (QED) is 0.696. The molecule has 2 rings (SSSR count). The molecule has 0 aliphatic heterocycles. The van der Waals surface area contributed by atoms with Crippen LogP contribution in [0.15, 0.2) is 36.5 Å². The molecule has 0 radical (unpaired) electrons. The Morgan fingerprint density at radius 2 is 2.15 bits per heavy atom. The van der Waals surface area contributed by atoms with Crippen LogP contribution in [0.4, 0.5) is 15.9 Å². The molecule has 1 aromatic heterocycles. The number of benzene rings is 1. The molecule has 20 heavy (non-hydrogen) atoms. The second kappa shape index (κ2) is 5.62. The van der Waals surface area contributed by atoms with Gasteiger partial charge in [-0.25, -0.2) is 9.37 Å².